The van der Waals surface area contributed by atoms with Crippen LogP contribution in [-0.4, -0.2) is 52.7 Å². The third-order valence-electron chi connectivity index (χ3n) is 5.66. The van der Waals surface area contributed by atoms with Gasteiger partial charge in [0.15, 0.2) is 6.35 Å². The van der Waals surface area contributed by atoms with E-state index < -0.39 is 12.3 Å². The molecule has 0 aliphatic carbocycles. The predicted molar refractivity (Wildman–Crippen MR) is 132 cm³/mol. The van der Waals surface area contributed by atoms with E-state index in [0.29, 0.717) is 51.9 Å². The average molecular weight is 500 g/mol. The van der Waals surface area contributed by atoms with Gasteiger partial charge in [-0.2, -0.15) is 10.4 Å². The summed E-state index contributed by atoms with van der Waals surface area (Å²) >= 11 is 12.4. The summed E-state index contributed by atoms with van der Waals surface area (Å²) in [5, 5.41) is 28.3. The Bertz CT molecular complexity index is 1300. The molecule has 34 heavy (non-hydrogen) atoms. The Balaban J connectivity index is 1.63. The van der Waals surface area contributed by atoms with Crippen LogP contribution in [0.25, 0.3) is 11.3 Å². The van der Waals surface area contributed by atoms with Crippen molar-refractivity contribution < 1.29 is 9.90 Å². The molecule has 1 aromatic heterocycles. The largest absolute Gasteiger partial charge is 0.378 e. The summed E-state index contributed by atoms with van der Waals surface area (Å²) in [5.41, 5.74) is 9.59. The SMILES string of the molecule is CN(C)c1cc(Cl)cc(-c2nn3c(c2C(N)=O)CN(C(O)Nc2ccc(C#N)c(Cl)c2)CC3)c1. The number of aromatic nitrogens is 2. The minimum Gasteiger partial charge on any atom is -0.378 e. The normalized spacial score (nSPS) is 14.2. The molecule has 1 aliphatic heterocycles. The molecule has 4 rings (SSSR count). The van der Waals surface area contributed by atoms with Gasteiger partial charge in [-0.25, -0.2) is 0 Å². The van der Waals surface area contributed by atoms with Crippen molar-refractivity contribution in [2.24, 2.45) is 5.73 Å². The van der Waals surface area contributed by atoms with Gasteiger partial charge in [0.05, 0.1) is 28.4 Å². The lowest BCUT2D eigenvalue weighted by atomic mass is 10.0. The van der Waals surface area contributed by atoms with Gasteiger partial charge in [0.1, 0.15) is 11.8 Å². The number of nitrogens with one attached hydrogen (secondary N) is 1. The van der Waals surface area contributed by atoms with E-state index in [9.17, 15) is 9.90 Å². The number of nitriles is 1. The summed E-state index contributed by atoms with van der Waals surface area (Å²) in [6, 6.07) is 12.3. The van der Waals surface area contributed by atoms with Crippen LogP contribution >= 0.6 is 23.2 Å². The zero-order valence-electron chi connectivity index (χ0n) is 18.6. The number of carbonyl (C=O) groups excluding carboxylic acids is 1. The van der Waals surface area contributed by atoms with E-state index in [0.717, 1.165) is 5.69 Å². The summed E-state index contributed by atoms with van der Waals surface area (Å²) in [7, 11) is 3.80. The number of hydrogen-bond donors (Lipinski definition) is 3. The first-order valence-corrected chi connectivity index (χ1v) is 11.2. The molecular formula is C23H23Cl2N7O2. The molecule has 9 nitrogen and oxygen atoms in total. The molecule has 0 bridgehead atoms. The molecule has 3 aromatic rings. The Hall–Kier alpha value is -3.29. The Morgan fingerprint density at radius 1 is 1.26 bits per heavy atom. The van der Waals surface area contributed by atoms with Crippen LogP contribution in [0.5, 0.6) is 0 Å². The second kappa shape index (κ2) is 9.52. The number of amides is 1. The lowest BCUT2D eigenvalue weighted by Gasteiger charge is -2.32. The fourth-order valence-corrected chi connectivity index (χ4v) is 4.36. The first-order chi connectivity index (χ1) is 16.2. The maximum atomic E-state index is 12.5. The lowest BCUT2D eigenvalue weighted by Crippen LogP contribution is -2.45. The topological polar surface area (TPSA) is 123 Å². The molecule has 1 amide bonds. The van der Waals surface area contributed by atoms with E-state index in [1.165, 1.54) is 0 Å². The first-order valence-electron chi connectivity index (χ1n) is 10.4. The fraction of sp³-hybridized carbons (Fsp3) is 0.261. The molecule has 0 saturated carbocycles. The van der Waals surface area contributed by atoms with Crippen LogP contribution in [0.15, 0.2) is 36.4 Å². The Labute approximate surface area is 206 Å². The molecule has 11 heteroatoms. The molecule has 0 spiro atoms. The number of carbonyl (C=O) groups is 1. The van der Waals surface area contributed by atoms with Crippen molar-refractivity contribution in [3.63, 3.8) is 0 Å². The van der Waals surface area contributed by atoms with E-state index in [1.54, 1.807) is 33.8 Å². The Morgan fingerprint density at radius 3 is 2.68 bits per heavy atom. The molecule has 1 aliphatic rings. The van der Waals surface area contributed by atoms with Crippen molar-refractivity contribution in [2.45, 2.75) is 19.4 Å². The standard InChI is InChI=1S/C23H23Cl2N7O2/c1-30(2)17-8-14(7-15(24)9-17)21-20(22(27)33)19-12-31(5-6-32(19)29-21)23(34)28-16-4-3-13(11-26)18(25)10-16/h3-4,7-10,23,28,34H,5-6,12H2,1-2H3,(H2,27,33). The maximum absolute atomic E-state index is 12.5. The number of anilines is 2. The maximum Gasteiger partial charge on any atom is 0.252 e. The number of hydrogen-bond acceptors (Lipinski definition) is 7. The van der Waals surface area contributed by atoms with E-state index >= 15 is 0 Å². The van der Waals surface area contributed by atoms with Crippen molar-refractivity contribution in [3.8, 4) is 17.3 Å². The van der Waals surface area contributed by atoms with Gasteiger partial charge in [-0.3, -0.25) is 14.4 Å². The van der Waals surface area contributed by atoms with E-state index in [4.69, 9.17) is 34.2 Å². The fourth-order valence-electron chi connectivity index (χ4n) is 3.91. The number of aliphatic hydroxyl groups is 1. The zero-order valence-corrected chi connectivity index (χ0v) is 20.1. The van der Waals surface area contributed by atoms with Gasteiger partial charge in [-0.1, -0.05) is 23.2 Å². The highest BCUT2D eigenvalue weighted by molar-refractivity contribution is 6.32. The third kappa shape index (κ3) is 4.67. The quantitative estimate of drug-likeness (QED) is 0.445. The number of primary amides is 1. The minimum absolute atomic E-state index is 0.241. The summed E-state index contributed by atoms with van der Waals surface area (Å²) in [4.78, 5) is 16.1. The van der Waals surface area contributed by atoms with Crippen LogP contribution in [0.2, 0.25) is 10.0 Å². The van der Waals surface area contributed by atoms with Gasteiger partial charge < -0.3 is 21.1 Å². The minimum atomic E-state index is -1.07. The van der Waals surface area contributed by atoms with Crippen LogP contribution in [0.4, 0.5) is 11.4 Å². The molecule has 0 fully saturated rings. The van der Waals surface area contributed by atoms with Gasteiger partial charge in [-0.15, -0.1) is 0 Å². The highest BCUT2D eigenvalue weighted by Gasteiger charge is 2.30. The van der Waals surface area contributed by atoms with Crippen LogP contribution in [0, 0.1) is 11.3 Å². The number of rotatable bonds is 6. The summed E-state index contributed by atoms with van der Waals surface area (Å²) in [5.74, 6) is -0.606. The molecule has 2 aromatic carbocycles. The van der Waals surface area contributed by atoms with Crippen LogP contribution in [0.3, 0.4) is 0 Å². The van der Waals surface area contributed by atoms with Gasteiger partial charge in [0.25, 0.3) is 5.91 Å². The van der Waals surface area contributed by atoms with Gasteiger partial charge in [0.2, 0.25) is 0 Å². The second-order valence-electron chi connectivity index (χ2n) is 8.15. The van der Waals surface area contributed by atoms with E-state index in [-0.39, 0.29) is 11.6 Å². The van der Waals surface area contributed by atoms with Crippen molar-refractivity contribution in [1.29, 1.82) is 5.26 Å². The molecule has 0 saturated heterocycles. The van der Waals surface area contributed by atoms with Gasteiger partial charge in [-0.05, 0) is 36.4 Å². The molecule has 0 radical (unpaired) electrons. The van der Waals surface area contributed by atoms with Crippen molar-refractivity contribution in [1.82, 2.24) is 14.7 Å². The van der Waals surface area contributed by atoms with Crippen LogP contribution < -0.4 is 16.0 Å². The summed E-state index contributed by atoms with van der Waals surface area (Å²) in [6.07, 6.45) is -1.07. The molecular weight excluding hydrogens is 477 g/mol. The zero-order chi connectivity index (χ0) is 24.6. The molecule has 1 unspecified atom stereocenters. The summed E-state index contributed by atoms with van der Waals surface area (Å²) < 4.78 is 1.74. The number of fused-ring (bicyclic) bond motifs is 1. The molecule has 176 valence electrons. The molecule has 2 heterocycles. The lowest BCUT2D eigenvalue weighted by molar-refractivity contribution is 0.00611. The number of benzene rings is 2. The van der Waals surface area contributed by atoms with Crippen molar-refractivity contribution in [3.05, 3.63) is 63.3 Å². The number of halogens is 2. The predicted octanol–water partition coefficient (Wildman–Crippen LogP) is 3.10. The second-order valence-corrected chi connectivity index (χ2v) is 8.99. The third-order valence-corrected chi connectivity index (χ3v) is 6.19. The first kappa shape index (κ1) is 23.9. The van der Waals surface area contributed by atoms with Crippen molar-refractivity contribution >= 4 is 40.5 Å². The Kier molecular flexibility index (Phi) is 6.68. The Morgan fingerprint density at radius 2 is 2.03 bits per heavy atom. The van der Waals surface area contributed by atoms with E-state index in [2.05, 4.69) is 10.4 Å². The number of nitrogens with zero attached hydrogens (tertiary/aromatic N) is 5. The number of aliphatic hydroxyl groups excluding tert-OH is 1. The molecule has 1 atom stereocenters. The monoisotopic (exact) mass is 499 g/mol. The molecule has 4 N–H and O–H groups in total. The summed E-state index contributed by atoms with van der Waals surface area (Å²) in [6.45, 7) is 1.16. The van der Waals surface area contributed by atoms with Crippen LogP contribution in [-0.2, 0) is 13.1 Å². The smallest absolute Gasteiger partial charge is 0.252 e. The van der Waals surface area contributed by atoms with Crippen LogP contribution in [0.1, 0.15) is 21.6 Å². The number of nitrogens with two attached hydrogens (primary N) is 1. The average Bonchev–Trinajstić information content (AvgIpc) is 3.18. The van der Waals surface area contributed by atoms with Crippen molar-refractivity contribution in [2.75, 3.05) is 30.9 Å². The van der Waals surface area contributed by atoms with Gasteiger partial charge in [0, 0.05) is 49.1 Å². The highest BCUT2D eigenvalue weighted by atomic mass is 35.5. The van der Waals surface area contributed by atoms with E-state index in [1.807, 2.05) is 37.2 Å². The highest BCUT2D eigenvalue weighted by Crippen LogP contribution is 2.33. The van der Waals surface area contributed by atoms with Gasteiger partial charge >= 0.3 is 0 Å².